The molecule has 0 aliphatic carbocycles. The highest BCUT2D eigenvalue weighted by Gasteiger charge is 2.16. The van der Waals surface area contributed by atoms with Crippen LogP contribution in [0.1, 0.15) is 5.56 Å². The molecule has 1 heterocycles. The molecule has 15 heavy (non-hydrogen) atoms. The fraction of sp³-hybridized carbons (Fsp3) is 0.364. The zero-order chi connectivity index (χ0) is 10.7. The average molecular weight is 206 g/mol. The Morgan fingerprint density at radius 2 is 2.20 bits per heavy atom. The monoisotopic (exact) mass is 206 g/mol. The van der Waals surface area contributed by atoms with Crippen molar-refractivity contribution in [2.45, 2.75) is 13.0 Å². The minimum absolute atomic E-state index is 0.0197. The van der Waals surface area contributed by atoms with Crippen LogP contribution in [0.25, 0.3) is 0 Å². The van der Waals surface area contributed by atoms with Crippen molar-refractivity contribution in [1.29, 1.82) is 0 Å². The van der Waals surface area contributed by atoms with Crippen LogP contribution < -0.4 is 10.5 Å². The lowest BCUT2D eigenvalue weighted by Gasteiger charge is -2.08. The van der Waals surface area contributed by atoms with E-state index in [1.54, 1.807) is 0 Å². The largest absolute Gasteiger partial charge is 0.491 e. The molecule has 2 rings (SSSR count). The first-order chi connectivity index (χ1) is 7.24. The van der Waals surface area contributed by atoms with E-state index in [0.29, 0.717) is 13.2 Å². The van der Waals surface area contributed by atoms with E-state index in [4.69, 9.17) is 15.2 Å². The van der Waals surface area contributed by atoms with Crippen LogP contribution in [-0.4, -0.2) is 25.3 Å². The second-order valence-electron chi connectivity index (χ2n) is 3.56. The number of nitrogens with zero attached hydrogens (tertiary/aromatic N) is 1. The van der Waals surface area contributed by atoms with Crippen LogP contribution in [0.4, 0.5) is 0 Å². The highest BCUT2D eigenvalue weighted by atomic mass is 16.5. The van der Waals surface area contributed by atoms with Gasteiger partial charge in [-0.3, -0.25) is 0 Å². The summed E-state index contributed by atoms with van der Waals surface area (Å²) in [5, 5.41) is 0. The average Bonchev–Trinajstić information content (AvgIpc) is 2.64. The van der Waals surface area contributed by atoms with Crippen LogP contribution in [0.2, 0.25) is 0 Å². The molecule has 2 N–H and O–H groups in total. The standard InChI is InChI=1S/C11H14N2O2/c1-8-2-4-10(5-3-8)14-6-9-7-15-11(12)13-9/h2-5,9H,6-7H2,1H3,(H2,12,13). The van der Waals surface area contributed by atoms with Gasteiger partial charge in [0.05, 0.1) is 0 Å². The molecule has 0 radical (unpaired) electrons. The molecule has 0 saturated carbocycles. The smallest absolute Gasteiger partial charge is 0.282 e. The molecule has 0 saturated heterocycles. The summed E-state index contributed by atoms with van der Waals surface area (Å²) in [6.45, 7) is 3.06. The van der Waals surface area contributed by atoms with E-state index >= 15 is 0 Å². The van der Waals surface area contributed by atoms with E-state index in [0.717, 1.165) is 5.75 Å². The highest BCUT2D eigenvalue weighted by molar-refractivity contribution is 5.73. The number of amidine groups is 1. The van der Waals surface area contributed by atoms with Gasteiger partial charge in [0, 0.05) is 0 Å². The minimum atomic E-state index is 0.0197. The first-order valence-corrected chi connectivity index (χ1v) is 4.89. The zero-order valence-electron chi connectivity index (χ0n) is 8.64. The molecule has 0 aromatic heterocycles. The van der Waals surface area contributed by atoms with Gasteiger partial charge in [-0.2, -0.15) is 0 Å². The molecule has 0 fully saturated rings. The Morgan fingerprint density at radius 3 is 2.80 bits per heavy atom. The topological polar surface area (TPSA) is 56.8 Å². The van der Waals surface area contributed by atoms with Crippen LogP contribution in [0, 0.1) is 6.92 Å². The summed E-state index contributed by atoms with van der Waals surface area (Å²) in [4.78, 5) is 4.07. The quantitative estimate of drug-likeness (QED) is 0.805. The Bertz CT molecular complexity index is 359. The molecule has 1 unspecified atom stereocenters. The molecule has 4 nitrogen and oxygen atoms in total. The lowest BCUT2D eigenvalue weighted by Crippen LogP contribution is -2.17. The number of nitrogens with two attached hydrogens (primary N) is 1. The lowest BCUT2D eigenvalue weighted by atomic mass is 10.2. The van der Waals surface area contributed by atoms with Crippen molar-refractivity contribution < 1.29 is 9.47 Å². The van der Waals surface area contributed by atoms with Crippen LogP contribution in [-0.2, 0) is 4.74 Å². The molecule has 1 atom stereocenters. The summed E-state index contributed by atoms with van der Waals surface area (Å²) in [5.74, 6) is 0.848. The third kappa shape index (κ3) is 2.62. The third-order valence-electron chi connectivity index (χ3n) is 2.20. The molecular formula is C11H14N2O2. The molecule has 1 aromatic rings. The van der Waals surface area contributed by atoms with Crippen molar-refractivity contribution in [2.24, 2.45) is 10.7 Å². The first kappa shape index (κ1) is 9.83. The molecule has 1 aromatic carbocycles. The molecule has 1 aliphatic rings. The van der Waals surface area contributed by atoms with Crippen LogP contribution in [0.5, 0.6) is 5.75 Å². The van der Waals surface area contributed by atoms with Gasteiger partial charge in [0.2, 0.25) is 0 Å². The number of rotatable bonds is 3. The normalized spacial score (nSPS) is 19.5. The van der Waals surface area contributed by atoms with Crippen molar-refractivity contribution >= 4 is 6.02 Å². The Morgan fingerprint density at radius 1 is 1.47 bits per heavy atom. The van der Waals surface area contributed by atoms with Crippen molar-refractivity contribution in [3.05, 3.63) is 29.8 Å². The van der Waals surface area contributed by atoms with Gasteiger partial charge in [-0.05, 0) is 19.1 Å². The fourth-order valence-electron chi connectivity index (χ4n) is 1.35. The van der Waals surface area contributed by atoms with Gasteiger partial charge in [-0.25, -0.2) is 4.99 Å². The molecule has 80 valence electrons. The van der Waals surface area contributed by atoms with Gasteiger partial charge >= 0.3 is 0 Å². The molecular weight excluding hydrogens is 192 g/mol. The summed E-state index contributed by atoms with van der Waals surface area (Å²) in [6, 6.07) is 8.19. The van der Waals surface area contributed by atoms with Crippen LogP contribution >= 0.6 is 0 Å². The van der Waals surface area contributed by atoms with Crippen molar-refractivity contribution in [3.63, 3.8) is 0 Å². The summed E-state index contributed by atoms with van der Waals surface area (Å²) >= 11 is 0. The van der Waals surface area contributed by atoms with Crippen molar-refractivity contribution in [2.75, 3.05) is 13.2 Å². The van der Waals surface area contributed by atoms with Gasteiger partial charge in [-0.1, -0.05) is 17.7 Å². The minimum Gasteiger partial charge on any atom is -0.491 e. The Kier molecular flexibility index (Phi) is 2.76. The zero-order valence-corrected chi connectivity index (χ0v) is 8.64. The Labute approximate surface area is 88.7 Å². The van der Waals surface area contributed by atoms with Gasteiger partial charge in [-0.15, -0.1) is 0 Å². The Hall–Kier alpha value is -1.71. The molecule has 0 bridgehead atoms. The van der Waals surface area contributed by atoms with Crippen LogP contribution in [0.15, 0.2) is 29.3 Å². The van der Waals surface area contributed by atoms with Crippen LogP contribution in [0.3, 0.4) is 0 Å². The third-order valence-corrected chi connectivity index (χ3v) is 2.20. The number of aryl methyl sites for hydroxylation is 1. The van der Waals surface area contributed by atoms with E-state index in [2.05, 4.69) is 4.99 Å². The van der Waals surface area contributed by atoms with Crippen molar-refractivity contribution in [1.82, 2.24) is 0 Å². The summed E-state index contributed by atoms with van der Waals surface area (Å²) in [5.41, 5.74) is 6.60. The van der Waals surface area contributed by atoms with Gasteiger partial charge in [0.15, 0.2) is 0 Å². The summed E-state index contributed by atoms with van der Waals surface area (Å²) in [7, 11) is 0. The van der Waals surface area contributed by atoms with E-state index in [9.17, 15) is 0 Å². The maximum atomic E-state index is 5.55. The maximum Gasteiger partial charge on any atom is 0.282 e. The summed E-state index contributed by atoms with van der Waals surface area (Å²) in [6.07, 6.45) is 0. The van der Waals surface area contributed by atoms with E-state index in [1.165, 1.54) is 5.56 Å². The fourth-order valence-corrected chi connectivity index (χ4v) is 1.35. The van der Waals surface area contributed by atoms with Gasteiger partial charge in [0.1, 0.15) is 25.0 Å². The Balaban J connectivity index is 1.86. The van der Waals surface area contributed by atoms with Crippen molar-refractivity contribution in [3.8, 4) is 5.75 Å². The van der Waals surface area contributed by atoms with E-state index in [1.807, 2.05) is 31.2 Å². The second-order valence-corrected chi connectivity index (χ2v) is 3.56. The number of hydrogen-bond acceptors (Lipinski definition) is 4. The predicted octanol–water partition coefficient (Wildman–Crippen LogP) is 1.09. The highest BCUT2D eigenvalue weighted by Crippen LogP contribution is 2.12. The molecule has 1 aliphatic heterocycles. The first-order valence-electron chi connectivity index (χ1n) is 4.89. The number of aliphatic imine (C=N–C) groups is 1. The summed E-state index contributed by atoms with van der Waals surface area (Å²) < 4.78 is 10.6. The van der Waals surface area contributed by atoms with E-state index < -0.39 is 0 Å². The lowest BCUT2D eigenvalue weighted by molar-refractivity contribution is 0.241. The van der Waals surface area contributed by atoms with Gasteiger partial charge < -0.3 is 15.2 Å². The molecule has 4 heteroatoms. The second kappa shape index (κ2) is 4.21. The number of ether oxygens (including phenoxy) is 2. The van der Waals surface area contributed by atoms with Gasteiger partial charge in [0.25, 0.3) is 6.02 Å². The molecule has 0 spiro atoms. The van der Waals surface area contributed by atoms with E-state index in [-0.39, 0.29) is 12.1 Å². The molecule has 0 amide bonds. The SMILES string of the molecule is Cc1ccc(OCC2COC(N)=N2)cc1. The number of hydrogen-bond donors (Lipinski definition) is 1. The maximum absolute atomic E-state index is 5.55. The predicted molar refractivity (Wildman–Crippen MR) is 58.0 cm³/mol. The number of benzene rings is 1.